The van der Waals surface area contributed by atoms with Crippen molar-refractivity contribution >= 4 is 34.4 Å². The van der Waals surface area contributed by atoms with Crippen molar-refractivity contribution in [1.82, 2.24) is 24.5 Å². The van der Waals surface area contributed by atoms with Crippen LogP contribution in [0.3, 0.4) is 0 Å². The Hall–Kier alpha value is -3.52. The SMILES string of the molecule is Cc1cccc(C)c1NC(=O)Cn1cnc2c(nnn2Cc2ccc(Cl)cc2)c1=O. The van der Waals surface area contributed by atoms with Gasteiger partial charge in [-0.25, -0.2) is 9.67 Å². The fraction of sp³-hybridized carbons (Fsp3) is 0.190. The summed E-state index contributed by atoms with van der Waals surface area (Å²) >= 11 is 5.91. The largest absolute Gasteiger partial charge is 0.324 e. The van der Waals surface area contributed by atoms with Crippen LogP contribution in [0.4, 0.5) is 5.69 Å². The number of aromatic nitrogens is 5. The summed E-state index contributed by atoms with van der Waals surface area (Å²) in [4.78, 5) is 29.6. The van der Waals surface area contributed by atoms with Gasteiger partial charge < -0.3 is 5.32 Å². The quantitative estimate of drug-likeness (QED) is 0.533. The number of nitrogens with one attached hydrogen (secondary N) is 1. The molecule has 0 atom stereocenters. The van der Waals surface area contributed by atoms with Crippen molar-refractivity contribution in [3.63, 3.8) is 0 Å². The van der Waals surface area contributed by atoms with Gasteiger partial charge in [0.25, 0.3) is 5.56 Å². The van der Waals surface area contributed by atoms with E-state index in [9.17, 15) is 9.59 Å². The van der Waals surface area contributed by atoms with E-state index in [1.54, 1.807) is 16.8 Å². The summed E-state index contributed by atoms with van der Waals surface area (Å²) < 4.78 is 2.77. The Balaban J connectivity index is 1.56. The molecule has 8 nitrogen and oxygen atoms in total. The van der Waals surface area contributed by atoms with E-state index in [1.807, 2.05) is 44.2 Å². The van der Waals surface area contributed by atoms with Crippen LogP contribution < -0.4 is 10.9 Å². The number of rotatable bonds is 5. The van der Waals surface area contributed by atoms with E-state index in [4.69, 9.17) is 11.6 Å². The van der Waals surface area contributed by atoms with E-state index in [0.717, 1.165) is 22.4 Å². The molecule has 0 fully saturated rings. The number of halogens is 1. The summed E-state index contributed by atoms with van der Waals surface area (Å²) in [7, 11) is 0. The van der Waals surface area contributed by atoms with E-state index in [-0.39, 0.29) is 18.0 Å². The number of benzene rings is 2. The third kappa shape index (κ3) is 3.95. The molecule has 30 heavy (non-hydrogen) atoms. The van der Waals surface area contributed by atoms with Gasteiger partial charge in [-0.15, -0.1) is 5.10 Å². The molecule has 0 saturated carbocycles. The number of fused-ring (bicyclic) bond motifs is 1. The van der Waals surface area contributed by atoms with Gasteiger partial charge in [0.1, 0.15) is 12.9 Å². The highest BCUT2D eigenvalue weighted by Crippen LogP contribution is 2.19. The minimum Gasteiger partial charge on any atom is -0.324 e. The highest BCUT2D eigenvalue weighted by molar-refractivity contribution is 6.30. The maximum absolute atomic E-state index is 12.8. The molecule has 1 amide bonds. The summed E-state index contributed by atoms with van der Waals surface area (Å²) in [5.41, 5.74) is 3.67. The van der Waals surface area contributed by atoms with E-state index in [1.165, 1.54) is 10.9 Å². The summed E-state index contributed by atoms with van der Waals surface area (Å²) in [6, 6.07) is 13.1. The fourth-order valence-corrected chi connectivity index (χ4v) is 3.34. The first kappa shape index (κ1) is 19.8. The lowest BCUT2D eigenvalue weighted by Crippen LogP contribution is -2.28. The number of carbonyl (C=O) groups is 1. The third-order valence-electron chi connectivity index (χ3n) is 4.80. The van der Waals surface area contributed by atoms with E-state index in [2.05, 4.69) is 20.6 Å². The Bertz CT molecular complexity index is 1270. The van der Waals surface area contributed by atoms with Crippen molar-refractivity contribution in [3.8, 4) is 0 Å². The van der Waals surface area contributed by atoms with Crippen LogP contribution >= 0.6 is 11.6 Å². The Kier molecular flexibility index (Phi) is 5.33. The molecular weight excluding hydrogens is 404 g/mol. The molecular formula is C21H19ClN6O2. The van der Waals surface area contributed by atoms with Crippen LogP contribution in [0.5, 0.6) is 0 Å². The highest BCUT2D eigenvalue weighted by atomic mass is 35.5. The number of aryl methyl sites for hydroxylation is 2. The number of nitrogens with zero attached hydrogens (tertiary/aromatic N) is 5. The van der Waals surface area contributed by atoms with Gasteiger partial charge in [-0.2, -0.15) is 0 Å². The maximum atomic E-state index is 12.8. The molecule has 0 unspecified atom stereocenters. The second kappa shape index (κ2) is 8.08. The minimum atomic E-state index is -0.418. The van der Waals surface area contributed by atoms with Gasteiger partial charge in [0.05, 0.1) is 6.54 Å². The normalized spacial score (nSPS) is 11.0. The fourth-order valence-electron chi connectivity index (χ4n) is 3.21. The van der Waals surface area contributed by atoms with Crippen molar-refractivity contribution in [2.75, 3.05) is 5.32 Å². The van der Waals surface area contributed by atoms with Gasteiger partial charge in [0.15, 0.2) is 11.2 Å². The van der Waals surface area contributed by atoms with E-state index < -0.39 is 5.56 Å². The van der Waals surface area contributed by atoms with Gasteiger partial charge >= 0.3 is 0 Å². The zero-order valence-electron chi connectivity index (χ0n) is 16.5. The Labute approximate surface area is 177 Å². The molecule has 0 aliphatic heterocycles. The Morgan fingerprint density at radius 2 is 1.80 bits per heavy atom. The molecule has 4 aromatic rings. The molecule has 152 valence electrons. The first-order valence-corrected chi connectivity index (χ1v) is 9.69. The van der Waals surface area contributed by atoms with Gasteiger partial charge in [0.2, 0.25) is 5.91 Å². The highest BCUT2D eigenvalue weighted by Gasteiger charge is 2.15. The molecule has 9 heteroatoms. The summed E-state index contributed by atoms with van der Waals surface area (Å²) in [6.45, 7) is 4.07. The maximum Gasteiger partial charge on any atom is 0.283 e. The molecule has 2 aromatic carbocycles. The van der Waals surface area contributed by atoms with Crippen LogP contribution in [0.2, 0.25) is 5.02 Å². The predicted octanol–water partition coefficient (Wildman–Crippen LogP) is 2.95. The van der Waals surface area contributed by atoms with Crippen LogP contribution in [-0.4, -0.2) is 30.5 Å². The Morgan fingerprint density at radius 1 is 1.10 bits per heavy atom. The zero-order valence-corrected chi connectivity index (χ0v) is 17.2. The van der Waals surface area contributed by atoms with Gasteiger partial charge in [-0.3, -0.25) is 14.2 Å². The lowest BCUT2D eigenvalue weighted by Gasteiger charge is -2.12. The first-order chi connectivity index (χ1) is 14.4. The van der Waals surface area contributed by atoms with Crippen molar-refractivity contribution in [2.24, 2.45) is 0 Å². The second-order valence-electron chi connectivity index (χ2n) is 7.04. The lowest BCUT2D eigenvalue weighted by atomic mass is 10.1. The number of para-hydroxylation sites is 1. The van der Waals surface area contributed by atoms with Crippen LogP contribution in [0.25, 0.3) is 11.2 Å². The predicted molar refractivity (Wildman–Crippen MR) is 115 cm³/mol. The summed E-state index contributed by atoms with van der Waals surface area (Å²) in [6.07, 6.45) is 1.34. The molecule has 0 radical (unpaired) electrons. The molecule has 0 bridgehead atoms. The minimum absolute atomic E-state index is 0.117. The average molecular weight is 423 g/mol. The third-order valence-corrected chi connectivity index (χ3v) is 5.05. The molecule has 0 aliphatic rings. The Morgan fingerprint density at radius 3 is 2.50 bits per heavy atom. The van der Waals surface area contributed by atoms with Crippen LogP contribution in [0.15, 0.2) is 53.6 Å². The van der Waals surface area contributed by atoms with E-state index in [0.29, 0.717) is 17.2 Å². The molecule has 0 saturated heterocycles. The lowest BCUT2D eigenvalue weighted by molar-refractivity contribution is -0.116. The van der Waals surface area contributed by atoms with Crippen LogP contribution in [0, 0.1) is 13.8 Å². The molecule has 4 rings (SSSR count). The number of anilines is 1. The molecule has 2 aromatic heterocycles. The van der Waals surface area contributed by atoms with Crippen LogP contribution in [0.1, 0.15) is 16.7 Å². The monoisotopic (exact) mass is 422 g/mol. The number of hydrogen-bond donors (Lipinski definition) is 1. The molecule has 0 spiro atoms. The molecule has 0 aliphatic carbocycles. The number of carbonyl (C=O) groups excluding carboxylic acids is 1. The first-order valence-electron chi connectivity index (χ1n) is 9.31. The number of amides is 1. The second-order valence-corrected chi connectivity index (χ2v) is 7.47. The van der Waals surface area contributed by atoms with Crippen molar-refractivity contribution in [3.05, 3.63) is 80.9 Å². The van der Waals surface area contributed by atoms with Crippen molar-refractivity contribution in [2.45, 2.75) is 26.9 Å². The van der Waals surface area contributed by atoms with Crippen molar-refractivity contribution in [1.29, 1.82) is 0 Å². The van der Waals surface area contributed by atoms with Crippen LogP contribution in [-0.2, 0) is 17.9 Å². The summed E-state index contributed by atoms with van der Waals surface area (Å²) in [5, 5.41) is 11.5. The molecule has 2 heterocycles. The van der Waals surface area contributed by atoms with Crippen molar-refractivity contribution < 1.29 is 4.79 Å². The molecule has 1 N–H and O–H groups in total. The summed E-state index contributed by atoms with van der Waals surface area (Å²) in [5.74, 6) is -0.316. The average Bonchev–Trinajstić information content (AvgIpc) is 3.12. The topological polar surface area (TPSA) is 94.7 Å². The smallest absolute Gasteiger partial charge is 0.283 e. The van der Waals surface area contributed by atoms with Gasteiger partial charge in [-0.1, -0.05) is 47.1 Å². The standard InChI is InChI=1S/C21H19ClN6O2/c1-13-4-3-5-14(2)18(13)24-17(29)11-27-12-23-20-19(21(27)30)25-26-28(20)10-15-6-8-16(22)9-7-15/h3-9,12H,10-11H2,1-2H3,(H,24,29). The van der Waals surface area contributed by atoms with Gasteiger partial charge in [0, 0.05) is 10.7 Å². The van der Waals surface area contributed by atoms with Gasteiger partial charge in [-0.05, 0) is 42.7 Å². The number of hydrogen-bond acceptors (Lipinski definition) is 5. The zero-order chi connectivity index (χ0) is 21.3. The van der Waals surface area contributed by atoms with E-state index >= 15 is 0 Å².